The number of phenolic OH excluding ortho intramolecular Hbond substituents is 1. The lowest BCUT2D eigenvalue weighted by Gasteiger charge is -2.41. The zero-order valence-corrected chi connectivity index (χ0v) is 32.6. The van der Waals surface area contributed by atoms with Crippen LogP contribution in [0.2, 0.25) is 5.02 Å². The summed E-state index contributed by atoms with van der Waals surface area (Å²) < 4.78 is 4.10. The number of piperazine rings is 1. The van der Waals surface area contributed by atoms with E-state index in [4.69, 9.17) is 11.6 Å². The van der Waals surface area contributed by atoms with Crippen molar-refractivity contribution in [2.45, 2.75) is 38.9 Å². The van der Waals surface area contributed by atoms with Crippen molar-refractivity contribution < 1.29 is 14.7 Å². The first kappa shape index (κ1) is 36.6. The fourth-order valence-corrected chi connectivity index (χ4v) is 8.32. The van der Waals surface area contributed by atoms with E-state index < -0.39 is 0 Å². The van der Waals surface area contributed by atoms with Crippen molar-refractivity contribution in [2.75, 3.05) is 44.7 Å². The Morgan fingerprint density at radius 1 is 0.855 bits per heavy atom. The molecule has 10 heteroatoms. The van der Waals surface area contributed by atoms with Gasteiger partial charge in [0.25, 0.3) is 11.8 Å². The van der Waals surface area contributed by atoms with Gasteiger partial charge >= 0.3 is 0 Å². The number of benzene rings is 4. The van der Waals surface area contributed by atoms with Gasteiger partial charge in [-0.05, 0) is 111 Å². The molecule has 2 aliphatic rings. The van der Waals surface area contributed by atoms with E-state index in [1.165, 1.54) is 11.1 Å². The molecule has 0 bridgehead atoms. The molecule has 1 atom stereocenters. The van der Waals surface area contributed by atoms with Crippen LogP contribution in [0.5, 0.6) is 5.75 Å². The highest BCUT2D eigenvalue weighted by Crippen LogP contribution is 2.37. The van der Waals surface area contributed by atoms with E-state index in [0.29, 0.717) is 39.6 Å². The molecule has 0 aliphatic carbocycles. The number of aromatic hydroxyl groups is 1. The lowest BCUT2D eigenvalue weighted by Crippen LogP contribution is -2.53. The van der Waals surface area contributed by atoms with Gasteiger partial charge in [0.2, 0.25) is 0 Å². The molecule has 1 saturated heterocycles. The fraction of sp³-hybridized carbons (Fsp3) is 0.289. The summed E-state index contributed by atoms with van der Waals surface area (Å²) in [5.41, 5.74) is 7.27. The molecule has 4 heterocycles. The summed E-state index contributed by atoms with van der Waals surface area (Å²) >= 11 is 6.73. The number of hydrogen-bond acceptors (Lipinski definition) is 5. The normalized spacial score (nSPS) is 16.5. The largest absolute Gasteiger partial charge is 0.508 e. The number of aromatic nitrogens is 2. The smallest absolute Gasteiger partial charge is 0.264 e. The fourth-order valence-electron chi connectivity index (χ4n) is 8.15. The van der Waals surface area contributed by atoms with Crippen LogP contribution in [-0.4, -0.2) is 86.6 Å². The molecular formula is C45H47ClN6O3. The third kappa shape index (κ3) is 7.27. The highest BCUT2D eigenvalue weighted by Gasteiger charge is 2.34. The number of rotatable bonds is 8. The predicted octanol–water partition coefficient (Wildman–Crippen LogP) is 8.38. The van der Waals surface area contributed by atoms with Gasteiger partial charge in [0.1, 0.15) is 5.75 Å². The van der Waals surface area contributed by atoms with E-state index in [9.17, 15) is 9.90 Å². The van der Waals surface area contributed by atoms with Crippen molar-refractivity contribution in [1.82, 2.24) is 23.8 Å². The average Bonchev–Trinajstić information content (AvgIpc) is 3.80. The van der Waals surface area contributed by atoms with E-state index in [2.05, 4.69) is 53.5 Å². The minimum Gasteiger partial charge on any atom is -0.508 e. The Hall–Kier alpha value is -5.35. The first-order valence-corrected chi connectivity index (χ1v) is 19.4. The molecule has 4 aromatic carbocycles. The Balaban J connectivity index is 1.19. The van der Waals surface area contributed by atoms with E-state index in [-0.39, 0.29) is 29.6 Å². The van der Waals surface area contributed by atoms with Crippen molar-refractivity contribution in [3.8, 4) is 17.0 Å². The second-order valence-electron chi connectivity index (χ2n) is 15.3. The Kier molecular flexibility index (Phi) is 10.0. The van der Waals surface area contributed by atoms with Crippen LogP contribution in [0.3, 0.4) is 0 Å². The van der Waals surface area contributed by atoms with Crippen LogP contribution in [0.4, 0.5) is 11.4 Å². The summed E-state index contributed by atoms with van der Waals surface area (Å²) in [4.78, 5) is 38.4. The molecule has 0 radical (unpaired) electrons. The maximum Gasteiger partial charge on any atom is 0.264 e. The lowest BCUT2D eigenvalue weighted by atomic mass is 9.92. The number of phenols is 1. The molecule has 0 saturated carbocycles. The first-order valence-electron chi connectivity index (χ1n) is 19.0. The average molecular weight is 755 g/mol. The molecule has 1 N–H and O–H groups in total. The van der Waals surface area contributed by atoms with Gasteiger partial charge in [-0.1, -0.05) is 35.9 Å². The maximum atomic E-state index is 15.0. The van der Waals surface area contributed by atoms with Crippen molar-refractivity contribution in [2.24, 2.45) is 7.05 Å². The minimum atomic E-state index is -0.239. The van der Waals surface area contributed by atoms with Gasteiger partial charge in [0.05, 0.1) is 5.56 Å². The van der Waals surface area contributed by atoms with Crippen LogP contribution in [0.15, 0.2) is 109 Å². The Bertz CT molecular complexity index is 2370. The molecule has 9 nitrogen and oxygen atoms in total. The third-order valence-electron chi connectivity index (χ3n) is 11.3. The number of aryl methyl sites for hydroxylation is 1. The van der Waals surface area contributed by atoms with Gasteiger partial charge in [-0.15, -0.1) is 0 Å². The number of nitrogens with zero attached hydrogens (tertiary/aromatic N) is 6. The Morgan fingerprint density at radius 3 is 2.33 bits per heavy atom. The standard InChI is InChI=1S/C45H47ClN6O3/c1-30(2)50-28-34(44(54)52(36-10-13-39(53)14-11-36)37-12-16-42-32(24-37)17-18-48(42)4)25-43(50)41-26-35(46)9-15-40(41)45(55)51-27-33-8-6-5-7-31(33)23-38(51)29-49-21-19-47(3)20-22-49/h5-18,24-26,28,30,38,53H,19-23,27,29H2,1-4H3/t38-/m0/s1. The molecular weight excluding hydrogens is 708 g/mol. The van der Waals surface area contributed by atoms with Crippen LogP contribution in [0, 0.1) is 0 Å². The molecule has 55 heavy (non-hydrogen) atoms. The van der Waals surface area contributed by atoms with Gasteiger partial charge in [-0.25, -0.2) is 0 Å². The summed E-state index contributed by atoms with van der Waals surface area (Å²) in [5.74, 6) is -0.174. The molecule has 0 unspecified atom stereocenters. The number of fused-ring (bicyclic) bond motifs is 2. The van der Waals surface area contributed by atoms with Crippen LogP contribution < -0.4 is 4.90 Å². The monoisotopic (exact) mass is 754 g/mol. The molecule has 0 spiro atoms. The second-order valence-corrected chi connectivity index (χ2v) is 15.7. The quantitative estimate of drug-likeness (QED) is 0.169. The van der Waals surface area contributed by atoms with E-state index in [0.717, 1.165) is 55.7 Å². The molecule has 282 valence electrons. The predicted molar refractivity (Wildman–Crippen MR) is 221 cm³/mol. The Morgan fingerprint density at radius 2 is 1.58 bits per heavy atom. The first-order chi connectivity index (χ1) is 26.5. The van der Waals surface area contributed by atoms with Crippen molar-refractivity contribution in [3.63, 3.8) is 0 Å². The number of anilines is 2. The molecule has 6 aromatic rings. The zero-order valence-electron chi connectivity index (χ0n) is 31.8. The topological polar surface area (TPSA) is 77.2 Å². The molecule has 2 amide bonds. The Labute approximate surface area is 327 Å². The number of likely N-dealkylation sites (N-methyl/N-ethyl adjacent to an activating group) is 1. The van der Waals surface area contributed by atoms with Gasteiger partial charge in [-0.3, -0.25) is 19.4 Å². The van der Waals surface area contributed by atoms with E-state index in [1.807, 2.05) is 77.4 Å². The summed E-state index contributed by atoms with van der Waals surface area (Å²) in [6.45, 7) is 9.44. The van der Waals surface area contributed by atoms with Crippen LogP contribution in [0.1, 0.15) is 51.7 Å². The van der Waals surface area contributed by atoms with E-state index >= 15 is 4.79 Å². The van der Waals surface area contributed by atoms with Crippen molar-refractivity contribution in [1.29, 1.82) is 0 Å². The van der Waals surface area contributed by atoms with Crippen LogP contribution >= 0.6 is 11.6 Å². The molecule has 2 aliphatic heterocycles. The van der Waals surface area contributed by atoms with Crippen LogP contribution in [-0.2, 0) is 20.0 Å². The summed E-state index contributed by atoms with van der Waals surface area (Å²) in [6, 6.07) is 30.4. The SMILES string of the molecule is CC(C)n1cc(C(=O)N(c2ccc(O)cc2)c2ccc3c(ccn3C)c2)cc1-c1cc(Cl)ccc1C(=O)N1Cc2ccccc2C[C@H]1CN1CCN(C)CC1. The number of carbonyl (C=O) groups is 2. The summed E-state index contributed by atoms with van der Waals surface area (Å²) in [6.07, 6.45) is 4.66. The highest BCUT2D eigenvalue weighted by molar-refractivity contribution is 6.31. The molecule has 8 rings (SSSR count). The third-order valence-corrected chi connectivity index (χ3v) is 11.5. The van der Waals surface area contributed by atoms with Crippen LogP contribution in [0.25, 0.3) is 22.2 Å². The zero-order chi connectivity index (χ0) is 38.4. The number of carbonyl (C=O) groups excluding carboxylic acids is 2. The highest BCUT2D eigenvalue weighted by atomic mass is 35.5. The summed E-state index contributed by atoms with van der Waals surface area (Å²) in [5, 5.41) is 11.6. The molecule has 1 fully saturated rings. The van der Waals surface area contributed by atoms with Gasteiger partial charge in [0.15, 0.2) is 0 Å². The maximum absolute atomic E-state index is 15.0. The van der Waals surface area contributed by atoms with Gasteiger partial charge in [-0.2, -0.15) is 0 Å². The van der Waals surface area contributed by atoms with Crippen molar-refractivity contribution in [3.05, 3.63) is 137 Å². The minimum absolute atomic E-state index is 0.00387. The van der Waals surface area contributed by atoms with Crippen molar-refractivity contribution >= 4 is 45.7 Å². The lowest BCUT2D eigenvalue weighted by molar-refractivity contribution is 0.0536. The summed E-state index contributed by atoms with van der Waals surface area (Å²) in [7, 11) is 4.15. The van der Waals surface area contributed by atoms with E-state index in [1.54, 1.807) is 35.2 Å². The van der Waals surface area contributed by atoms with Gasteiger partial charge < -0.3 is 24.0 Å². The number of hydrogen-bond donors (Lipinski definition) is 1. The van der Waals surface area contributed by atoms with Gasteiger partial charge in [0, 0.05) is 115 Å². The number of halogens is 1. The second kappa shape index (κ2) is 15.1. The number of amides is 2. The molecule has 2 aromatic heterocycles.